The summed E-state index contributed by atoms with van der Waals surface area (Å²) in [6, 6.07) is 14.2. The summed E-state index contributed by atoms with van der Waals surface area (Å²) in [6.07, 6.45) is 0. The van der Waals surface area contributed by atoms with Crippen molar-refractivity contribution < 1.29 is 23.6 Å². The standard InChI is InChI=1S/C24H13Cl5N2O6/c25-12-1-3-21(18(27)5-12)37-17-9-14(8-15(10-17)31(33)34)30-24(32)22-4-2-16(36-22)11-35-23-19(28)6-13(26)7-20(23)29/h1-10H,11H2,(H,30,32). The molecule has 0 atom stereocenters. The summed E-state index contributed by atoms with van der Waals surface area (Å²) < 4.78 is 16.8. The summed E-state index contributed by atoms with van der Waals surface area (Å²) in [5.41, 5.74) is -0.226. The molecule has 13 heteroatoms. The number of benzene rings is 3. The van der Waals surface area contributed by atoms with Crippen LogP contribution < -0.4 is 14.8 Å². The highest BCUT2D eigenvalue weighted by atomic mass is 35.5. The molecular weight excluding hydrogens is 590 g/mol. The maximum atomic E-state index is 12.7. The van der Waals surface area contributed by atoms with Crippen molar-refractivity contribution in [3.63, 3.8) is 0 Å². The second kappa shape index (κ2) is 11.5. The van der Waals surface area contributed by atoms with Gasteiger partial charge >= 0.3 is 0 Å². The summed E-state index contributed by atoms with van der Waals surface area (Å²) in [6.45, 7) is -0.0784. The lowest BCUT2D eigenvalue weighted by Crippen LogP contribution is -2.11. The molecule has 1 amide bonds. The topological polar surface area (TPSA) is 104 Å². The number of carbonyl (C=O) groups is 1. The summed E-state index contributed by atoms with van der Waals surface area (Å²) in [5.74, 6) is 0.0681. The number of rotatable bonds is 8. The first-order chi connectivity index (χ1) is 17.6. The third-order valence-electron chi connectivity index (χ3n) is 4.69. The van der Waals surface area contributed by atoms with Crippen molar-refractivity contribution >= 4 is 75.3 Å². The van der Waals surface area contributed by atoms with Crippen molar-refractivity contribution in [2.24, 2.45) is 0 Å². The van der Waals surface area contributed by atoms with Crippen molar-refractivity contribution in [3.05, 3.63) is 107 Å². The van der Waals surface area contributed by atoms with Gasteiger partial charge < -0.3 is 19.2 Å². The van der Waals surface area contributed by atoms with Gasteiger partial charge in [-0.2, -0.15) is 0 Å². The largest absolute Gasteiger partial charge is 0.483 e. The molecule has 37 heavy (non-hydrogen) atoms. The fraction of sp³-hybridized carbons (Fsp3) is 0.0417. The van der Waals surface area contributed by atoms with Crippen molar-refractivity contribution in [3.8, 4) is 17.2 Å². The Kier molecular flexibility index (Phi) is 8.36. The van der Waals surface area contributed by atoms with Gasteiger partial charge in [-0.15, -0.1) is 0 Å². The second-order valence-electron chi connectivity index (χ2n) is 7.36. The Morgan fingerprint density at radius 3 is 2.27 bits per heavy atom. The van der Waals surface area contributed by atoms with Gasteiger partial charge in [0, 0.05) is 22.2 Å². The molecule has 0 saturated carbocycles. The molecule has 8 nitrogen and oxygen atoms in total. The fourth-order valence-electron chi connectivity index (χ4n) is 3.09. The number of amides is 1. The number of halogens is 5. The van der Waals surface area contributed by atoms with E-state index in [1.54, 1.807) is 6.07 Å². The van der Waals surface area contributed by atoms with Gasteiger partial charge in [-0.3, -0.25) is 14.9 Å². The predicted molar refractivity (Wildman–Crippen MR) is 142 cm³/mol. The van der Waals surface area contributed by atoms with Gasteiger partial charge in [0.25, 0.3) is 11.6 Å². The van der Waals surface area contributed by atoms with Gasteiger partial charge in [0.15, 0.2) is 11.5 Å². The average Bonchev–Trinajstić information content (AvgIpc) is 3.29. The monoisotopic (exact) mass is 600 g/mol. The minimum atomic E-state index is -0.662. The Morgan fingerprint density at radius 1 is 0.892 bits per heavy atom. The number of nitrogens with zero attached hydrogens (tertiary/aromatic N) is 1. The van der Waals surface area contributed by atoms with Crippen LogP contribution in [-0.4, -0.2) is 10.8 Å². The molecule has 0 fully saturated rings. The van der Waals surface area contributed by atoms with E-state index >= 15 is 0 Å². The van der Waals surface area contributed by atoms with Crippen LogP contribution in [0.15, 0.2) is 65.1 Å². The van der Waals surface area contributed by atoms with Gasteiger partial charge in [-0.1, -0.05) is 58.0 Å². The minimum absolute atomic E-state index is 0.0679. The highest BCUT2D eigenvalue weighted by Crippen LogP contribution is 2.37. The van der Waals surface area contributed by atoms with Crippen LogP contribution in [-0.2, 0) is 6.61 Å². The van der Waals surface area contributed by atoms with Crippen LogP contribution in [0.5, 0.6) is 17.2 Å². The van der Waals surface area contributed by atoms with Gasteiger partial charge in [-0.05, 0) is 42.5 Å². The number of ether oxygens (including phenoxy) is 2. The van der Waals surface area contributed by atoms with E-state index in [1.165, 1.54) is 54.6 Å². The number of nitro groups is 1. The van der Waals surface area contributed by atoms with E-state index in [1.807, 2.05) is 0 Å². The van der Waals surface area contributed by atoms with Crippen LogP contribution in [0.25, 0.3) is 0 Å². The molecule has 0 aliphatic rings. The van der Waals surface area contributed by atoms with Crippen LogP contribution in [0.3, 0.4) is 0 Å². The van der Waals surface area contributed by atoms with E-state index in [-0.39, 0.29) is 56.1 Å². The minimum Gasteiger partial charge on any atom is -0.483 e. The highest BCUT2D eigenvalue weighted by Gasteiger charge is 2.18. The van der Waals surface area contributed by atoms with Gasteiger partial charge in [0.1, 0.15) is 23.9 Å². The molecular formula is C24H13Cl5N2O6. The molecule has 0 aliphatic heterocycles. The Bertz CT molecular complexity index is 1480. The van der Waals surface area contributed by atoms with E-state index in [4.69, 9.17) is 71.9 Å². The normalized spacial score (nSPS) is 10.7. The van der Waals surface area contributed by atoms with Crippen molar-refractivity contribution in [2.75, 3.05) is 5.32 Å². The Labute approximate surface area is 234 Å². The number of non-ortho nitro benzene ring substituents is 1. The average molecular weight is 603 g/mol. The number of carbonyl (C=O) groups excluding carboxylic acids is 1. The van der Waals surface area contributed by atoms with Crippen molar-refractivity contribution in [1.29, 1.82) is 0 Å². The number of furan rings is 1. The van der Waals surface area contributed by atoms with E-state index in [2.05, 4.69) is 5.32 Å². The van der Waals surface area contributed by atoms with Crippen LogP contribution in [0, 0.1) is 10.1 Å². The molecule has 190 valence electrons. The summed E-state index contributed by atoms with van der Waals surface area (Å²) in [7, 11) is 0. The van der Waals surface area contributed by atoms with Crippen LogP contribution >= 0.6 is 58.0 Å². The van der Waals surface area contributed by atoms with E-state index < -0.39 is 10.8 Å². The molecule has 0 unspecified atom stereocenters. The smallest absolute Gasteiger partial charge is 0.291 e. The fourth-order valence-corrected chi connectivity index (χ4v) is 4.46. The van der Waals surface area contributed by atoms with Crippen LogP contribution in [0.2, 0.25) is 25.1 Å². The van der Waals surface area contributed by atoms with Crippen LogP contribution in [0.1, 0.15) is 16.3 Å². The lowest BCUT2D eigenvalue weighted by molar-refractivity contribution is -0.384. The number of anilines is 1. The zero-order valence-electron chi connectivity index (χ0n) is 18.3. The summed E-state index contributed by atoms with van der Waals surface area (Å²) in [5, 5.41) is 15.3. The maximum absolute atomic E-state index is 12.7. The molecule has 1 heterocycles. The third kappa shape index (κ3) is 6.80. The van der Waals surface area contributed by atoms with E-state index in [9.17, 15) is 14.9 Å². The van der Waals surface area contributed by atoms with Crippen molar-refractivity contribution in [2.45, 2.75) is 6.61 Å². The molecule has 1 N–H and O–H groups in total. The molecule has 0 saturated heterocycles. The Morgan fingerprint density at radius 2 is 1.59 bits per heavy atom. The quantitative estimate of drug-likeness (QED) is 0.159. The molecule has 0 radical (unpaired) electrons. The first-order valence-electron chi connectivity index (χ1n) is 10.2. The molecule has 4 aromatic rings. The molecule has 4 rings (SSSR count). The lowest BCUT2D eigenvalue weighted by atomic mass is 10.2. The van der Waals surface area contributed by atoms with Crippen LogP contribution in [0.4, 0.5) is 11.4 Å². The Balaban J connectivity index is 1.48. The second-order valence-corrected chi connectivity index (χ2v) is 9.45. The van der Waals surface area contributed by atoms with E-state index in [0.717, 1.165) is 0 Å². The number of hydrogen-bond acceptors (Lipinski definition) is 6. The molecule has 0 bridgehead atoms. The number of nitro benzene ring substituents is 1. The highest BCUT2D eigenvalue weighted by molar-refractivity contribution is 6.40. The van der Waals surface area contributed by atoms with E-state index in [0.29, 0.717) is 15.8 Å². The third-order valence-corrected chi connectivity index (χ3v) is 6.00. The number of hydrogen-bond donors (Lipinski definition) is 1. The van der Waals surface area contributed by atoms with Gasteiger partial charge in [-0.25, -0.2) is 0 Å². The van der Waals surface area contributed by atoms with Crippen molar-refractivity contribution in [1.82, 2.24) is 0 Å². The molecule has 0 aliphatic carbocycles. The summed E-state index contributed by atoms with van der Waals surface area (Å²) >= 11 is 30.1. The lowest BCUT2D eigenvalue weighted by Gasteiger charge is -2.10. The molecule has 0 spiro atoms. The predicted octanol–water partition coefficient (Wildman–Crippen LogP) is 9.08. The SMILES string of the molecule is O=C(Nc1cc(Oc2ccc(Cl)cc2Cl)cc([N+](=O)[O-])c1)c1ccc(COc2c(Cl)cc(Cl)cc2Cl)o1. The molecule has 1 aromatic heterocycles. The number of nitrogens with one attached hydrogen (secondary N) is 1. The first-order valence-corrected chi connectivity index (χ1v) is 12.1. The summed E-state index contributed by atoms with van der Waals surface area (Å²) in [4.78, 5) is 23.5. The first kappa shape index (κ1) is 26.9. The molecule has 3 aromatic carbocycles. The van der Waals surface area contributed by atoms with Gasteiger partial charge in [0.2, 0.25) is 0 Å². The zero-order valence-corrected chi connectivity index (χ0v) is 22.0. The Hall–Kier alpha value is -3.14. The zero-order chi connectivity index (χ0) is 26.7. The van der Waals surface area contributed by atoms with Gasteiger partial charge in [0.05, 0.1) is 31.7 Å². The maximum Gasteiger partial charge on any atom is 0.291 e.